The fourth-order valence-electron chi connectivity index (χ4n) is 3.08. The van der Waals surface area contributed by atoms with Gasteiger partial charge in [0.25, 0.3) is 5.91 Å². The number of carbonyl (C=O) groups is 1. The summed E-state index contributed by atoms with van der Waals surface area (Å²) in [7, 11) is 1.85. The Kier molecular flexibility index (Phi) is 3.90. The third kappa shape index (κ3) is 2.72. The molecule has 1 N–H and O–H groups in total. The normalized spacial score (nSPS) is 12.3. The van der Waals surface area contributed by atoms with E-state index in [0.717, 1.165) is 17.0 Å². The number of carbonyl (C=O) groups excluding carboxylic acids is 1. The highest BCUT2D eigenvalue weighted by Crippen LogP contribution is 2.24. The van der Waals surface area contributed by atoms with E-state index in [1.54, 1.807) is 4.68 Å². The lowest BCUT2D eigenvalue weighted by molar-refractivity contribution is 0.0939. The highest BCUT2D eigenvalue weighted by Gasteiger charge is 2.20. The van der Waals surface area contributed by atoms with Crippen LogP contribution in [0.4, 0.5) is 0 Å². The largest absolute Gasteiger partial charge is 0.345 e. The molecule has 0 radical (unpaired) electrons. The van der Waals surface area contributed by atoms with Crippen LogP contribution in [-0.2, 0) is 7.05 Å². The van der Waals surface area contributed by atoms with Gasteiger partial charge in [0.15, 0.2) is 0 Å². The van der Waals surface area contributed by atoms with E-state index < -0.39 is 0 Å². The lowest BCUT2D eigenvalue weighted by Crippen LogP contribution is -2.27. The van der Waals surface area contributed by atoms with Crippen LogP contribution in [0.2, 0.25) is 0 Å². The molecule has 1 amide bonds. The van der Waals surface area contributed by atoms with Crippen molar-refractivity contribution in [1.82, 2.24) is 15.1 Å². The summed E-state index contributed by atoms with van der Waals surface area (Å²) in [6.45, 7) is 5.79. The van der Waals surface area contributed by atoms with E-state index in [1.165, 1.54) is 10.8 Å². The summed E-state index contributed by atoms with van der Waals surface area (Å²) in [5, 5.41) is 9.77. The highest BCUT2D eigenvalue weighted by atomic mass is 16.1. The van der Waals surface area contributed by atoms with Gasteiger partial charge in [-0.1, -0.05) is 42.5 Å². The van der Waals surface area contributed by atoms with Crippen LogP contribution in [0.1, 0.15) is 40.3 Å². The molecule has 118 valence electrons. The molecule has 0 unspecified atom stereocenters. The molecule has 2 aromatic carbocycles. The fraction of sp³-hybridized carbons (Fsp3) is 0.263. The quantitative estimate of drug-likeness (QED) is 0.802. The molecule has 23 heavy (non-hydrogen) atoms. The molecule has 4 nitrogen and oxygen atoms in total. The van der Waals surface area contributed by atoms with Crippen molar-refractivity contribution in [2.45, 2.75) is 26.8 Å². The Bertz CT molecular complexity index is 874. The average Bonchev–Trinajstić information content (AvgIpc) is 2.79. The second-order valence-corrected chi connectivity index (χ2v) is 5.93. The van der Waals surface area contributed by atoms with E-state index in [9.17, 15) is 4.79 Å². The van der Waals surface area contributed by atoms with Gasteiger partial charge in [0, 0.05) is 12.7 Å². The molecule has 4 heteroatoms. The van der Waals surface area contributed by atoms with E-state index in [0.29, 0.717) is 5.56 Å². The number of aromatic nitrogens is 2. The van der Waals surface area contributed by atoms with Crippen LogP contribution in [0.15, 0.2) is 42.5 Å². The first-order chi connectivity index (χ1) is 11.0. The summed E-state index contributed by atoms with van der Waals surface area (Å²) >= 11 is 0. The number of benzene rings is 2. The second kappa shape index (κ2) is 5.88. The summed E-state index contributed by atoms with van der Waals surface area (Å²) in [5.74, 6) is -0.0754. The first kappa shape index (κ1) is 15.3. The molecule has 0 aliphatic heterocycles. The molecule has 0 fully saturated rings. The molecule has 3 aromatic rings. The number of rotatable bonds is 3. The van der Waals surface area contributed by atoms with Gasteiger partial charge in [-0.05, 0) is 37.1 Å². The molecule has 0 saturated heterocycles. The zero-order chi connectivity index (χ0) is 16.6. The van der Waals surface area contributed by atoms with Crippen molar-refractivity contribution in [3.05, 3.63) is 65.0 Å². The van der Waals surface area contributed by atoms with Crippen LogP contribution in [0, 0.1) is 13.8 Å². The molecular formula is C19H21N3O. The van der Waals surface area contributed by atoms with E-state index in [4.69, 9.17) is 0 Å². The van der Waals surface area contributed by atoms with Crippen LogP contribution in [0.3, 0.4) is 0 Å². The molecule has 0 spiro atoms. The number of nitrogens with one attached hydrogen (secondary N) is 1. The molecule has 1 aromatic heterocycles. The molecule has 3 rings (SSSR count). The lowest BCUT2D eigenvalue weighted by atomic mass is 9.99. The highest BCUT2D eigenvalue weighted by molar-refractivity contribution is 5.97. The average molecular weight is 307 g/mol. The SMILES string of the molecule is Cc1nn(C)c(C)c1C(=O)N[C@H](C)c1cccc2ccccc12. The number of hydrogen-bond acceptors (Lipinski definition) is 2. The topological polar surface area (TPSA) is 46.9 Å². The Morgan fingerprint density at radius 2 is 1.83 bits per heavy atom. The molecular weight excluding hydrogens is 286 g/mol. The lowest BCUT2D eigenvalue weighted by Gasteiger charge is -2.17. The second-order valence-electron chi connectivity index (χ2n) is 5.93. The van der Waals surface area contributed by atoms with Gasteiger partial charge >= 0.3 is 0 Å². The Hall–Kier alpha value is -2.62. The molecule has 0 aliphatic rings. The number of hydrogen-bond donors (Lipinski definition) is 1. The van der Waals surface area contributed by atoms with Gasteiger partial charge in [-0.2, -0.15) is 5.10 Å². The van der Waals surface area contributed by atoms with Crippen molar-refractivity contribution < 1.29 is 4.79 Å². The standard InChI is InChI=1S/C19H21N3O/c1-12(16-11-7-9-15-8-5-6-10-17(15)16)20-19(23)18-13(2)21-22(4)14(18)3/h5-12H,1-4H3,(H,20,23)/t12-/m1/s1. The number of amides is 1. The van der Waals surface area contributed by atoms with Gasteiger partial charge in [-0.25, -0.2) is 0 Å². The van der Waals surface area contributed by atoms with E-state index in [2.05, 4.69) is 34.7 Å². The van der Waals surface area contributed by atoms with Crippen molar-refractivity contribution in [1.29, 1.82) is 0 Å². The summed E-state index contributed by atoms with van der Waals surface area (Å²) in [6.07, 6.45) is 0. The maximum Gasteiger partial charge on any atom is 0.255 e. The third-order valence-corrected chi connectivity index (χ3v) is 4.37. The van der Waals surface area contributed by atoms with Gasteiger partial charge in [-0.3, -0.25) is 9.48 Å². The van der Waals surface area contributed by atoms with Gasteiger partial charge in [0.05, 0.1) is 17.3 Å². The van der Waals surface area contributed by atoms with Crippen LogP contribution in [0.25, 0.3) is 10.8 Å². The molecule has 0 bridgehead atoms. The van der Waals surface area contributed by atoms with Gasteiger partial charge < -0.3 is 5.32 Å². The van der Waals surface area contributed by atoms with Crippen molar-refractivity contribution >= 4 is 16.7 Å². The molecule has 0 aliphatic carbocycles. The minimum atomic E-state index is -0.0763. The van der Waals surface area contributed by atoms with Crippen molar-refractivity contribution in [2.75, 3.05) is 0 Å². The smallest absolute Gasteiger partial charge is 0.255 e. The van der Waals surface area contributed by atoms with E-state index in [-0.39, 0.29) is 11.9 Å². The third-order valence-electron chi connectivity index (χ3n) is 4.37. The Morgan fingerprint density at radius 3 is 2.52 bits per heavy atom. The monoisotopic (exact) mass is 307 g/mol. The number of nitrogens with zero attached hydrogens (tertiary/aromatic N) is 2. The van der Waals surface area contributed by atoms with Crippen molar-refractivity contribution in [2.24, 2.45) is 7.05 Å². The number of aryl methyl sites for hydroxylation is 2. The molecule has 1 atom stereocenters. The summed E-state index contributed by atoms with van der Waals surface area (Å²) in [6, 6.07) is 14.3. The van der Waals surface area contributed by atoms with Crippen LogP contribution in [-0.4, -0.2) is 15.7 Å². The minimum absolute atomic E-state index is 0.0754. The first-order valence-corrected chi connectivity index (χ1v) is 7.77. The van der Waals surface area contributed by atoms with E-state index in [1.807, 2.05) is 46.0 Å². The summed E-state index contributed by atoms with van der Waals surface area (Å²) < 4.78 is 1.74. The summed E-state index contributed by atoms with van der Waals surface area (Å²) in [5.41, 5.74) is 3.42. The Balaban J connectivity index is 1.92. The van der Waals surface area contributed by atoms with Gasteiger partial charge in [0.1, 0.15) is 0 Å². The van der Waals surface area contributed by atoms with Crippen molar-refractivity contribution in [3.63, 3.8) is 0 Å². The zero-order valence-corrected chi connectivity index (χ0v) is 13.9. The minimum Gasteiger partial charge on any atom is -0.345 e. The molecule has 0 saturated carbocycles. The fourth-order valence-corrected chi connectivity index (χ4v) is 3.08. The van der Waals surface area contributed by atoms with E-state index >= 15 is 0 Å². The van der Waals surface area contributed by atoms with Gasteiger partial charge in [0.2, 0.25) is 0 Å². The Morgan fingerprint density at radius 1 is 1.13 bits per heavy atom. The predicted octanol–water partition coefficient (Wildman–Crippen LogP) is 3.68. The summed E-state index contributed by atoms with van der Waals surface area (Å²) in [4.78, 5) is 12.7. The van der Waals surface area contributed by atoms with Crippen LogP contribution < -0.4 is 5.32 Å². The van der Waals surface area contributed by atoms with Crippen LogP contribution >= 0.6 is 0 Å². The van der Waals surface area contributed by atoms with Crippen LogP contribution in [0.5, 0.6) is 0 Å². The Labute approximate surface area is 136 Å². The zero-order valence-electron chi connectivity index (χ0n) is 13.9. The number of fused-ring (bicyclic) bond motifs is 1. The van der Waals surface area contributed by atoms with Gasteiger partial charge in [-0.15, -0.1) is 0 Å². The first-order valence-electron chi connectivity index (χ1n) is 7.77. The maximum atomic E-state index is 12.7. The predicted molar refractivity (Wildman–Crippen MR) is 92.5 cm³/mol. The van der Waals surface area contributed by atoms with Crippen molar-refractivity contribution in [3.8, 4) is 0 Å². The maximum absolute atomic E-state index is 12.7. The molecule has 1 heterocycles.